The van der Waals surface area contributed by atoms with Crippen molar-refractivity contribution in [2.24, 2.45) is 0 Å². The predicted octanol–water partition coefficient (Wildman–Crippen LogP) is 1.44. The third-order valence-electron chi connectivity index (χ3n) is 4.86. The molecule has 1 aromatic carbocycles. The number of pyridine rings is 1. The van der Waals surface area contributed by atoms with Crippen LogP contribution in [-0.4, -0.2) is 42.8 Å². The number of nitrogens with zero attached hydrogens (tertiary/aromatic N) is 3. The Bertz CT molecular complexity index is 737. The number of rotatable bonds is 6. The molecule has 0 N–H and O–H groups in total. The molecule has 1 saturated heterocycles. The van der Waals surface area contributed by atoms with E-state index >= 15 is 0 Å². The van der Waals surface area contributed by atoms with Gasteiger partial charge in [-0.05, 0) is 24.0 Å². The van der Waals surface area contributed by atoms with Crippen LogP contribution in [0, 0.1) is 0 Å². The van der Waals surface area contributed by atoms with Crippen LogP contribution in [0.4, 0.5) is 12.9 Å². The molecule has 0 aliphatic carbocycles. The fourth-order valence-corrected chi connectivity index (χ4v) is 3.57. The van der Waals surface area contributed by atoms with E-state index in [1.165, 1.54) is 12.1 Å². The summed E-state index contributed by atoms with van der Waals surface area (Å²) in [6.07, 6.45) is 5.56. The van der Waals surface area contributed by atoms with E-state index in [0.717, 1.165) is 43.7 Å². The first-order valence-electron chi connectivity index (χ1n) is 8.93. The molecule has 2 aromatic rings. The minimum absolute atomic E-state index is 0. The Balaban J connectivity index is 0.00000280. The fourth-order valence-electron chi connectivity index (χ4n) is 3.15. The second-order valence-electron chi connectivity index (χ2n) is 6.70. The molecule has 1 aliphatic heterocycles. The maximum atomic E-state index is 12.7. The molecule has 28 heavy (non-hydrogen) atoms. The first-order chi connectivity index (χ1) is 12.8. The number of halogens is 3. The van der Waals surface area contributed by atoms with E-state index in [9.17, 15) is 12.9 Å². The molecule has 157 valence electrons. The Morgan fingerprint density at radius 2 is 1.36 bits per heavy atom. The summed E-state index contributed by atoms with van der Waals surface area (Å²) in [7, 11) is 0. The van der Waals surface area contributed by atoms with Gasteiger partial charge in [0, 0.05) is 47.6 Å². The largest absolute Gasteiger partial charge is 0.800 e. The van der Waals surface area contributed by atoms with Crippen LogP contribution in [0.2, 0.25) is 0 Å². The molecule has 10 heteroatoms. The number of aryl methyl sites for hydroxylation is 2. The number of piperazine rings is 1. The molecular weight excluding hydrogens is 587 g/mol. The van der Waals surface area contributed by atoms with Crippen molar-refractivity contribution < 1.29 is 40.0 Å². The van der Waals surface area contributed by atoms with Gasteiger partial charge in [-0.25, -0.2) is 4.71 Å². The van der Waals surface area contributed by atoms with Crippen LogP contribution in [0.3, 0.4) is 0 Å². The van der Waals surface area contributed by atoms with Crippen molar-refractivity contribution in [1.82, 2.24) is 4.90 Å². The SMILES string of the molecule is F[B-](F)(F)c1ccc(CCc2cc[n+](N3CCN(C([S-])[S-])CC3)cc2)cc1.[Au]. The monoisotopic (exact) mass is 608 g/mol. The smallest absolute Gasteiger partial charge is 0.509 e. The van der Waals surface area contributed by atoms with Crippen LogP contribution in [-0.2, 0) is 60.5 Å². The Hall–Kier alpha value is -0.575. The molecule has 0 unspecified atom stereocenters. The first kappa shape index (κ1) is 23.7. The maximum absolute atomic E-state index is 12.7. The van der Waals surface area contributed by atoms with Gasteiger partial charge in [0.1, 0.15) is 0 Å². The van der Waals surface area contributed by atoms with Crippen LogP contribution in [0.25, 0.3) is 0 Å². The molecular formula is C18H21AuBF3N3S2-2. The van der Waals surface area contributed by atoms with Gasteiger partial charge in [-0.2, -0.15) is 5.01 Å². The maximum Gasteiger partial charge on any atom is 0.509 e. The van der Waals surface area contributed by atoms with E-state index in [1.807, 2.05) is 12.4 Å². The Morgan fingerprint density at radius 1 is 0.857 bits per heavy atom. The topological polar surface area (TPSA) is 10.4 Å². The third kappa shape index (κ3) is 6.47. The predicted molar refractivity (Wildman–Crippen MR) is 107 cm³/mol. The van der Waals surface area contributed by atoms with Crippen molar-refractivity contribution in [3.05, 3.63) is 59.9 Å². The summed E-state index contributed by atoms with van der Waals surface area (Å²) in [5.41, 5.74) is 1.53. The Kier molecular flexibility index (Phi) is 8.85. The van der Waals surface area contributed by atoms with E-state index < -0.39 is 12.4 Å². The first-order valence-corrected chi connectivity index (χ1v) is 9.87. The summed E-state index contributed by atoms with van der Waals surface area (Å²) in [6.45, 7) is -1.44. The summed E-state index contributed by atoms with van der Waals surface area (Å²) in [5, 5.41) is 2.24. The quantitative estimate of drug-likeness (QED) is 0.279. The van der Waals surface area contributed by atoms with Gasteiger partial charge < -0.3 is 43.1 Å². The fraction of sp³-hybridized carbons (Fsp3) is 0.389. The molecule has 0 saturated carbocycles. The van der Waals surface area contributed by atoms with Gasteiger partial charge in [0.25, 0.3) is 0 Å². The van der Waals surface area contributed by atoms with Crippen LogP contribution >= 0.6 is 0 Å². The van der Waals surface area contributed by atoms with Gasteiger partial charge >= 0.3 is 6.98 Å². The van der Waals surface area contributed by atoms with Crippen molar-refractivity contribution in [2.75, 3.05) is 31.2 Å². The van der Waals surface area contributed by atoms with E-state index in [1.54, 1.807) is 12.1 Å². The van der Waals surface area contributed by atoms with E-state index in [-0.39, 0.29) is 27.1 Å². The number of hydrogen-bond donors (Lipinski definition) is 0. The zero-order valence-electron chi connectivity index (χ0n) is 15.1. The van der Waals surface area contributed by atoms with Gasteiger partial charge in [0.2, 0.25) is 0 Å². The average Bonchev–Trinajstić information content (AvgIpc) is 2.66. The third-order valence-corrected chi connectivity index (χ3v) is 5.45. The molecule has 2 heterocycles. The molecule has 0 spiro atoms. The molecule has 1 fully saturated rings. The summed E-state index contributed by atoms with van der Waals surface area (Å²) in [6, 6.07) is 9.59. The summed E-state index contributed by atoms with van der Waals surface area (Å²) in [5.74, 6) is 0. The minimum Gasteiger partial charge on any atom is -0.800 e. The van der Waals surface area contributed by atoms with Crippen molar-refractivity contribution in [3.8, 4) is 0 Å². The van der Waals surface area contributed by atoms with Crippen LogP contribution in [0.15, 0.2) is 48.8 Å². The molecule has 3 rings (SSSR count). The summed E-state index contributed by atoms with van der Waals surface area (Å²) in [4.78, 5) is 2.11. The number of hydrogen-bond acceptors (Lipinski definition) is 4. The van der Waals surface area contributed by atoms with Gasteiger partial charge in [0.05, 0.1) is 13.1 Å². The normalized spacial score (nSPS) is 15.6. The van der Waals surface area contributed by atoms with E-state index in [0.29, 0.717) is 6.42 Å². The average molecular weight is 608 g/mol. The molecule has 1 radical (unpaired) electrons. The van der Waals surface area contributed by atoms with Gasteiger partial charge in [-0.3, -0.25) is 0 Å². The molecule has 0 atom stereocenters. The Morgan fingerprint density at radius 3 is 1.82 bits per heavy atom. The van der Waals surface area contributed by atoms with Crippen LogP contribution in [0.5, 0.6) is 0 Å². The number of benzene rings is 1. The molecule has 1 aromatic heterocycles. The minimum atomic E-state index is -4.92. The molecule has 0 amide bonds. The van der Waals surface area contributed by atoms with Crippen molar-refractivity contribution in [3.63, 3.8) is 0 Å². The van der Waals surface area contributed by atoms with E-state index in [4.69, 9.17) is 25.3 Å². The van der Waals surface area contributed by atoms with Crippen molar-refractivity contribution >= 4 is 37.7 Å². The summed E-state index contributed by atoms with van der Waals surface area (Å²) >= 11 is 10.3. The Labute approximate surface area is 190 Å². The molecule has 3 nitrogen and oxygen atoms in total. The molecule has 0 bridgehead atoms. The zero-order chi connectivity index (χ0) is 19.4. The van der Waals surface area contributed by atoms with Crippen LogP contribution in [0.1, 0.15) is 11.1 Å². The zero-order valence-corrected chi connectivity index (χ0v) is 18.9. The van der Waals surface area contributed by atoms with E-state index in [2.05, 4.69) is 26.7 Å². The molecule has 1 aliphatic rings. The van der Waals surface area contributed by atoms with Gasteiger partial charge in [-0.1, -0.05) is 28.9 Å². The van der Waals surface area contributed by atoms with Gasteiger partial charge in [-0.15, -0.1) is 5.46 Å². The van der Waals surface area contributed by atoms with Gasteiger partial charge in [0.15, 0.2) is 12.4 Å². The second kappa shape index (κ2) is 10.5. The van der Waals surface area contributed by atoms with Crippen molar-refractivity contribution in [1.29, 1.82) is 0 Å². The number of aromatic nitrogens is 1. The van der Waals surface area contributed by atoms with Crippen LogP contribution < -0.4 is 15.1 Å². The van der Waals surface area contributed by atoms with Crippen molar-refractivity contribution in [2.45, 2.75) is 17.5 Å². The standard InChI is InChI=1S/C18H23BF3N3S2.Au/c20-19(21,22)17-5-3-15(4-6-17)1-2-16-7-9-24(10-8-16)25-13-11-23(12-14-25)18(26)27;/h3-10,18,26-27H,1-2,11-14H2;/p-2. The second-order valence-corrected chi connectivity index (χ2v) is 7.89. The summed E-state index contributed by atoms with van der Waals surface area (Å²) < 4.78 is 39.8.